The molecule has 114 valence electrons. The minimum atomic E-state index is 0.469. The number of aromatic amines is 1. The van der Waals surface area contributed by atoms with E-state index in [4.69, 9.17) is 10.7 Å². The number of nitrogen functional groups attached to an aromatic ring is 1. The standard InChI is InChI=1S/C19H23N3/c1-11(2)17-10-21-18-6-5-15(22-19(17)18)9-16-12(3)7-14(20)8-13(16)4/h5-8,10-11,21H,9,20H2,1-4H3. The van der Waals surface area contributed by atoms with E-state index >= 15 is 0 Å². The Morgan fingerprint density at radius 2 is 1.82 bits per heavy atom. The summed E-state index contributed by atoms with van der Waals surface area (Å²) < 4.78 is 0. The molecule has 0 spiro atoms. The molecule has 0 aliphatic carbocycles. The number of anilines is 1. The highest BCUT2D eigenvalue weighted by Crippen LogP contribution is 2.25. The number of hydrogen-bond donors (Lipinski definition) is 2. The molecule has 0 saturated heterocycles. The molecule has 0 atom stereocenters. The first kappa shape index (κ1) is 14.6. The average Bonchev–Trinajstić information content (AvgIpc) is 2.86. The Labute approximate surface area is 131 Å². The lowest BCUT2D eigenvalue weighted by Crippen LogP contribution is -2.00. The highest BCUT2D eigenvalue weighted by Gasteiger charge is 2.11. The van der Waals surface area contributed by atoms with Crippen molar-refractivity contribution >= 4 is 16.7 Å². The molecule has 1 aromatic carbocycles. The smallest absolute Gasteiger partial charge is 0.0916 e. The van der Waals surface area contributed by atoms with E-state index < -0.39 is 0 Å². The quantitative estimate of drug-likeness (QED) is 0.700. The molecule has 3 aromatic rings. The van der Waals surface area contributed by atoms with Crippen LogP contribution in [0.5, 0.6) is 0 Å². The molecule has 0 bridgehead atoms. The number of pyridine rings is 1. The fourth-order valence-corrected chi connectivity index (χ4v) is 3.09. The molecule has 3 rings (SSSR count). The van der Waals surface area contributed by atoms with Gasteiger partial charge in [0.2, 0.25) is 0 Å². The molecule has 3 N–H and O–H groups in total. The van der Waals surface area contributed by atoms with Gasteiger partial charge >= 0.3 is 0 Å². The van der Waals surface area contributed by atoms with Crippen LogP contribution in [0.2, 0.25) is 0 Å². The molecule has 0 fully saturated rings. The third-order valence-electron chi connectivity index (χ3n) is 4.31. The van der Waals surface area contributed by atoms with Crippen molar-refractivity contribution in [1.82, 2.24) is 9.97 Å². The maximum absolute atomic E-state index is 5.92. The summed E-state index contributed by atoms with van der Waals surface area (Å²) in [6.45, 7) is 8.64. The maximum Gasteiger partial charge on any atom is 0.0916 e. The van der Waals surface area contributed by atoms with Gasteiger partial charge in [-0.05, 0) is 66.3 Å². The molecule has 3 nitrogen and oxygen atoms in total. The summed E-state index contributed by atoms with van der Waals surface area (Å²) in [6.07, 6.45) is 2.92. The fourth-order valence-electron chi connectivity index (χ4n) is 3.09. The van der Waals surface area contributed by atoms with Crippen LogP contribution in [0.3, 0.4) is 0 Å². The summed E-state index contributed by atoms with van der Waals surface area (Å²) in [6, 6.07) is 8.32. The van der Waals surface area contributed by atoms with E-state index in [2.05, 4.69) is 51.0 Å². The second-order valence-corrected chi connectivity index (χ2v) is 6.41. The van der Waals surface area contributed by atoms with Crippen LogP contribution in [-0.2, 0) is 6.42 Å². The van der Waals surface area contributed by atoms with Gasteiger partial charge < -0.3 is 10.7 Å². The molecule has 0 unspecified atom stereocenters. The Kier molecular flexibility index (Phi) is 3.65. The first-order valence-electron chi connectivity index (χ1n) is 7.78. The predicted molar refractivity (Wildman–Crippen MR) is 93.3 cm³/mol. The lowest BCUT2D eigenvalue weighted by Gasteiger charge is -2.11. The molecule has 0 aliphatic rings. The molecule has 22 heavy (non-hydrogen) atoms. The van der Waals surface area contributed by atoms with E-state index in [0.29, 0.717) is 5.92 Å². The number of H-pyrrole nitrogens is 1. The van der Waals surface area contributed by atoms with Crippen molar-refractivity contribution < 1.29 is 0 Å². The van der Waals surface area contributed by atoms with Gasteiger partial charge in [-0.3, -0.25) is 4.98 Å². The van der Waals surface area contributed by atoms with Crippen molar-refractivity contribution in [3.63, 3.8) is 0 Å². The Morgan fingerprint density at radius 1 is 1.14 bits per heavy atom. The van der Waals surface area contributed by atoms with E-state index in [1.807, 2.05) is 12.1 Å². The van der Waals surface area contributed by atoms with Gasteiger partial charge in [0.25, 0.3) is 0 Å². The van der Waals surface area contributed by atoms with Gasteiger partial charge in [-0.25, -0.2) is 0 Å². The van der Waals surface area contributed by atoms with Crippen molar-refractivity contribution in [3.8, 4) is 0 Å². The molecule has 3 heteroatoms. The van der Waals surface area contributed by atoms with Crippen molar-refractivity contribution in [3.05, 3.63) is 58.4 Å². The minimum Gasteiger partial charge on any atom is -0.399 e. The van der Waals surface area contributed by atoms with E-state index in [0.717, 1.165) is 28.8 Å². The normalized spacial score (nSPS) is 11.5. The van der Waals surface area contributed by atoms with Crippen LogP contribution in [-0.4, -0.2) is 9.97 Å². The molecule has 2 heterocycles. The van der Waals surface area contributed by atoms with Gasteiger partial charge in [-0.15, -0.1) is 0 Å². The van der Waals surface area contributed by atoms with Crippen molar-refractivity contribution in [2.45, 2.75) is 40.0 Å². The van der Waals surface area contributed by atoms with Crippen molar-refractivity contribution in [2.75, 3.05) is 5.73 Å². The number of nitrogens with one attached hydrogen (secondary N) is 1. The summed E-state index contributed by atoms with van der Waals surface area (Å²) >= 11 is 0. The minimum absolute atomic E-state index is 0.469. The van der Waals surface area contributed by atoms with Crippen LogP contribution in [0.15, 0.2) is 30.5 Å². The Morgan fingerprint density at radius 3 is 2.45 bits per heavy atom. The number of hydrogen-bond acceptors (Lipinski definition) is 2. The van der Waals surface area contributed by atoms with E-state index in [-0.39, 0.29) is 0 Å². The summed E-state index contributed by atoms with van der Waals surface area (Å²) in [5.41, 5.74) is 15.1. The number of aromatic nitrogens is 2. The monoisotopic (exact) mass is 293 g/mol. The van der Waals surface area contributed by atoms with Gasteiger partial charge in [-0.2, -0.15) is 0 Å². The number of rotatable bonds is 3. The summed E-state index contributed by atoms with van der Waals surface area (Å²) in [5, 5.41) is 0. The van der Waals surface area contributed by atoms with E-state index in [1.54, 1.807) is 0 Å². The number of nitrogens with zero attached hydrogens (tertiary/aromatic N) is 1. The molecule has 0 aliphatic heterocycles. The summed E-state index contributed by atoms with van der Waals surface area (Å²) in [5.74, 6) is 0.469. The second-order valence-electron chi connectivity index (χ2n) is 6.41. The van der Waals surface area contributed by atoms with Gasteiger partial charge in [-0.1, -0.05) is 13.8 Å². The molecular weight excluding hydrogens is 270 g/mol. The number of fused-ring (bicyclic) bond motifs is 1. The Bertz CT molecular complexity index is 805. The largest absolute Gasteiger partial charge is 0.399 e. The molecule has 0 saturated carbocycles. The van der Waals surface area contributed by atoms with Crippen LogP contribution < -0.4 is 5.73 Å². The van der Waals surface area contributed by atoms with Crippen LogP contribution in [0.4, 0.5) is 5.69 Å². The first-order valence-corrected chi connectivity index (χ1v) is 7.78. The maximum atomic E-state index is 5.92. The number of benzene rings is 1. The van der Waals surface area contributed by atoms with Gasteiger partial charge in [0.15, 0.2) is 0 Å². The summed E-state index contributed by atoms with van der Waals surface area (Å²) in [4.78, 5) is 8.21. The molecular formula is C19H23N3. The van der Waals surface area contributed by atoms with Gasteiger partial charge in [0.05, 0.1) is 11.0 Å². The summed E-state index contributed by atoms with van der Waals surface area (Å²) in [7, 11) is 0. The zero-order valence-electron chi connectivity index (χ0n) is 13.7. The lowest BCUT2D eigenvalue weighted by molar-refractivity contribution is 0.871. The Hall–Kier alpha value is -2.29. The third kappa shape index (κ3) is 2.59. The van der Waals surface area contributed by atoms with Gasteiger partial charge in [0, 0.05) is 24.0 Å². The zero-order valence-corrected chi connectivity index (χ0v) is 13.7. The van der Waals surface area contributed by atoms with Crippen molar-refractivity contribution in [2.24, 2.45) is 0 Å². The highest BCUT2D eigenvalue weighted by molar-refractivity contribution is 5.79. The highest BCUT2D eigenvalue weighted by atomic mass is 14.8. The van der Waals surface area contributed by atoms with E-state index in [9.17, 15) is 0 Å². The van der Waals surface area contributed by atoms with Crippen LogP contribution >= 0.6 is 0 Å². The number of aryl methyl sites for hydroxylation is 2. The van der Waals surface area contributed by atoms with Crippen LogP contribution in [0.1, 0.15) is 47.7 Å². The second kappa shape index (κ2) is 5.48. The molecule has 2 aromatic heterocycles. The average molecular weight is 293 g/mol. The van der Waals surface area contributed by atoms with Gasteiger partial charge in [0.1, 0.15) is 0 Å². The number of nitrogens with two attached hydrogens (primary N) is 1. The molecule has 0 radical (unpaired) electrons. The third-order valence-corrected chi connectivity index (χ3v) is 4.31. The van der Waals surface area contributed by atoms with E-state index in [1.165, 1.54) is 22.3 Å². The topological polar surface area (TPSA) is 54.7 Å². The van der Waals surface area contributed by atoms with Crippen LogP contribution in [0, 0.1) is 13.8 Å². The molecule has 0 amide bonds. The lowest BCUT2D eigenvalue weighted by atomic mass is 9.97. The first-order chi connectivity index (χ1) is 10.5. The SMILES string of the molecule is Cc1cc(N)cc(C)c1Cc1ccc2[nH]cc(C(C)C)c2n1. The fraction of sp³-hybridized carbons (Fsp3) is 0.316. The van der Waals surface area contributed by atoms with Crippen LogP contribution in [0.25, 0.3) is 11.0 Å². The predicted octanol–water partition coefficient (Wildman–Crippen LogP) is 4.48. The zero-order chi connectivity index (χ0) is 15.9. The Balaban J connectivity index is 2.03. The van der Waals surface area contributed by atoms with Crippen molar-refractivity contribution in [1.29, 1.82) is 0 Å².